The summed E-state index contributed by atoms with van der Waals surface area (Å²) in [6.07, 6.45) is 2.15. The Bertz CT molecular complexity index is 656. The SMILES string of the molecule is Cc1cc(Cl)ccc1S(=O)(=O)NC1CCOC2(CCOC2)C1. The van der Waals surface area contributed by atoms with Gasteiger partial charge in [0.05, 0.1) is 17.1 Å². The van der Waals surface area contributed by atoms with Crippen LogP contribution < -0.4 is 4.72 Å². The molecular weight excluding hydrogens is 326 g/mol. The highest BCUT2D eigenvalue weighted by molar-refractivity contribution is 7.89. The molecule has 2 aliphatic rings. The molecule has 1 N–H and O–H groups in total. The highest BCUT2D eigenvalue weighted by atomic mass is 35.5. The molecule has 1 aromatic rings. The summed E-state index contributed by atoms with van der Waals surface area (Å²) >= 11 is 5.90. The normalized spacial score (nSPS) is 29.1. The average Bonchev–Trinajstić information content (AvgIpc) is 2.85. The van der Waals surface area contributed by atoms with Gasteiger partial charge in [-0.15, -0.1) is 0 Å². The van der Waals surface area contributed by atoms with E-state index in [1.807, 2.05) is 0 Å². The molecule has 5 nitrogen and oxygen atoms in total. The lowest BCUT2D eigenvalue weighted by Gasteiger charge is -2.37. The van der Waals surface area contributed by atoms with Crippen molar-refractivity contribution in [3.63, 3.8) is 0 Å². The van der Waals surface area contributed by atoms with E-state index >= 15 is 0 Å². The summed E-state index contributed by atoms with van der Waals surface area (Å²) in [5, 5.41) is 0.532. The summed E-state index contributed by atoms with van der Waals surface area (Å²) in [6, 6.07) is 4.68. The van der Waals surface area contributed by atoms with Crippen molar-refractivity contribution in [1.29, 1.82) is 0 Å². The van der Waals surface area contributed by atoms with Gasteiger partial charge in [-0.25, -0.2) is 13.1 Å². The molecule has 22 heavy (non-hydrogen) atoms. The van der Waals surface area contributed by atoms with Gasteiger partial charge >= 0.3 is 0 Å². The van der Waals surface area contributed by atoms with Gasteiger partial charge in [0.15, 0.2) is 0 Å². The third kappa shape index (κ3) is 3.31. The van der Waals surface area contributed by atoms with E-state index in [0.29, 0.717) is 43.2 Å². The van der Waals surface area contributed by atoms with Gasteiger partial charge in [-0.3, -0.25) is 0 Å². The lowest BCUT2D eigenvalue weighted by Crippen LogP contribution is -2.49. The zero-order valence-corrected chi connectivity index (χ0v) is 14.0. The standard InChI is InChI=1S/C15H20ClNO4S/c1-11-8-12(16)2-3-14(11)22(18,19)17-13-4-6-21-15(9-13)5-7-20-10-15/h2-3,8,13,17H,4-7,9-10H2,1H3. The van der Waals surface area contributed by atoms with E-state index in [1.165, 1.54) is 0 Å². The van der Waals surface area contributed by atoms with Crippen LogP contribution in [0.2, 0.25) is 5.02 Å². The molecule has 3 rings (SSSR count). The van der Waals surface area contributed by atoms with Gasteiger partial charge in [0.2, 0.25) is 10.0 Å². The lowest BCUT2D eigenvalue weighted by molar-refractivity contribution is -0.0868. The van der Waals surface area contributed by atoms with Crippen LogP contribution in [0.25, 0.3) is 0 Å². The van der Waals surface area contributed by atoms with E-state index in [4.69, 9.17) is 21.1 Å². The Kier molecular flexibility index (Phi) is 4.49. The molecule has 1 aromatic carbocycles. The molecule has 0 radical (unpaired) electrons. The number of sulfonamides is 1. The maximum atomic E-state index is 12.6. The highest BCUT2D eigenvalue weighted by Crippen LogP contribution is 2.33. The molecule has 2 fully saturated rings. The number of hydrogen-bond donors (Lipinski definition) is 1. The zero-order chi connectivity index (χ0) is 15.8. The van der Waals surface area contributed by atoms with Crippen molar-refractivity contribution in [1.82, 2.24) is 4.72 Å². The van der Waals surface area contributed by atoms with Gasteiger partial charge in [0, 0.05) is 30.7 Å². The topological polar surface area (TPSA) is 64.6 Å². The highest BCUT2D eigenvalue weighted by Gasteiger charge is 2.42. The second kappa shape index (κ2) is 6.09. The number of rotatable bonds is 3. The van der Waals surface area contributed by atoms with E-state index in [1.54, 1.807) is 25.1 Å². The number of hydrogen-bond acceptors (Lipinski definition) is 4. The van der Waals surface area contributed by atoms with E-state index in [9.17, 15) is 8.42 Å². The molecule has 0 aromatic heterocycles. The number of ether oxygens (including phenoxy) is 2. The van der Waals surface area contributed by atoms with E-state index in [2.05, 4.69) is 4.72 Å². The van der Waals surface area contributed by atoms with E-state index < -0.39 is 10.0 Å². The minimum absolute atomic E-state index is 0.129. The van der Waals surface area contributed by atoms with Crippen LogP contribution >= 0.6 is 11.6 Å². The molecule has 0 bridgehead atoms. The van der Waals surface area contributed by atoms with Gasteiger partial charge < -0.3 is 9.47 Å². The van der Waals surface area contributed by atoms with Crippen LogP contribution in [0.4, 0.5) is 0 Å². The molecule has 2 atom stereocenters. The zero-order valence-electron chi connectivity index (χ0n) is 12.5. The van der Waals surface area contributed by atoms with Crippen LogP contribution in [0.5, 0.6) is 0 Å². The van der Waals surface area contributed by atoms with E-state index in [0.717, 1.165) is 6.42 Å². The molecular formula is C15H20ClNO4S. The van der Waals surface area contributed by atoms with Crippen molar-refractivity contribution < 1.29 is 17.9 Å². The van der Waals surface area contributed by atoms with Crippen LogP contribution in [0.3, 0.4) is 0 Å². The summed E-state index contributed by atoms with van der Waals surface area (Å²) in [6.45, 7) is 3.52. The van der Waals surface area contributed by atoms with Crippen LogP contribution in [-0.2, 0) is 19.5 Å². The first kappa shape index (κ1) is 16.2. The predicted octanol–water partition coefficient (Wildman–Crippen LogP) is 2.26. The largest absolute Gasteiger partial charge is 0.378 e. The van der Waals surface area contributed by atoms with Crippen LogP contribution in [0.1, 0.15) is 24.8 Å². The summed E-state index contributed by atoms with van der Waals surface area (Å²) < 4.78 is 39.3. The molecule has 0 amide bonds. The minimum atomic E-state index is -3.56. The van der Waals surface area contributed by atoms with Gasteiger partial charge in [-0.2, -0.15) is 0 Å². The third-order valence-corrected chi connectivity index (χ3v) is 6.22. The minimum Gasteiger partial charge on any atom is -0.378 e. The lowest BCUT2D eigenvalue weighted by atomic mass is 9.90. The molecule has 1 spiro atoms. The number of aryl methyl sites for hydroxylation is 1. The summed E-state index contributed by atoms with van der Waals surface area (Å²) in [4.78, 5) is 0.278. The van der Waals surface area contributed by atoms with Crippen molar-refractivity contribution >= 4 is 21.6 Å². The first-order chi connectivity index (χ1) is 10.4. The first-order valence-electron chi connectivity index (χ1n) is 7.40. The molecule has 0 aliphatic carbocycles. The number of halogens is 1. The molecule has 7 heteroatoms. The van der Waals surface area contributed by atoms with Crippen molar-refractivity contribution in [3.05, 3.63) is 28.8 Å². The second-order valence-electron chi connectivity index (χ2n) is 6.05. The predicted molar refractivity (Wildman–Crippen MR) is 83.7 cm³/mol. The van der Waals surface area contributed by atoms with Crippen molar-refractivity contribution in [2.45, 2.75) is 42.7 Å². The van der Waals surface area contributed by atoms with Gasteiger partial charge in [-0.05, 0) is 43.5 Å². The van der Waals surface area contributed by atoms with Gasteiger partial charge in [0.1, 0.15) is 0 Å². The Labute approximate surface area is 136 Å². The molecule has 2 saturated heterocycles. The molecule has 0 saturated carbocycles. The first-order valence-corrected chi connectivity index (χ1v) is 9.27. The fraction of sp³-hybridized carbons (Fsp3) is 0.600. The third-order valence-electron chi connectivity index (χ3n) is 4.31. The molecule has 2 heterocycles. The Morgan fingerprint density at radius 1 is 1.36 bits per heavy atom. The Hall–Kier alpha value is -0.660. The summed E-state index contributed by atoms with van der Waals surface area (Å²) in [5.74, 6) is 0. The Morgan fingerprint density at radius 3 is 2.86 bits per heavy atom. The van der Waals surface area contributed by atoms with Crippen molar-refractivity contribution in [2.75, 3.05) is 19.8 Å². The fourth-order valence-electron chi connectivity index (χ4n) is 3.19. The number of nitrogens with one attached hydrogen (secondary N) is 1. The number of benzene rings is 1. The maximum Gasteiger partial charge on any atom is 0.241 e. The van der Waals surface area contributed by atoms with E-state index in [-0.39, 0.29) is 16.5 Å². The fourth-order valence-corrected chi connectivity index (χ4v) is 4.91. The maximum absolute atomic E-state index is 12.6. The average molecular weight is 346 g/mol. The molecule has 122 valence electrons. The quantitative estimate of drug-likeness (QED) is 0.912. The van der Waals surface area contributed by atoms with Gasteiger partial charge in [0.25, 0.3) is 0 Å². The van der Waals surface area contributed by atoms with Crippen molar-refractivity contribution in [3.8, 4) is 0 Å². The monoisotopic (exact) mass is 345 g/mol. The molecule has 2 aliphatic heterocycles. The van der Waals surface area contributed by atoms with Crippen LogP contribution in [0, 0.1) is 6.92 Å². The van der Waals surface area contributed by atoms with Gasteiger partial charge in [-0.1, -0.05) is 11.6 Å². The van der Waals surface area contributed by atoms with Crippen LogP contribution in [-0.4, -0.2) is 39.9 Å². The summed E-state index contributed by atoms with van der Waals surface area (Å²) in [5.41, 5.74) is 0.325. The molecule has 2 unspecified atom stereocenters. The second-order valence-corrected chi connectivity index (χ2v) is 8.17. The van der Waals surface area contributed by atoms with Crippen LogP contribution in [0.15, 0.2) is 23.1 Å². The summed E-state index contributed by atoms with van der Waals surface area (Å²) in [7, 11) is -3.56. The Balaban J connectivity index is 1.76. The Morgan fingerprint density at radius 2 is 2.18 bits per heavy atom. The van der Waals surface area contributed by atoms with Crippen molar-refractivity contribution in [2.24, 2.45) is 0 Å². The smallest absolute Gasteiger partial charge is 0.241 e.